The molecule has 3 nitrogen and oxygen atoms in total. The van der Waals surface area contributed by atoms with Crippen molar-refractivity contribution in [1.82, 2.24) is 5.32 Å². The third-order valence-corrected chi connectivity index (χ3v) is 2.83. The SMILES string of the molecule is CCCNC(C)c1ccc(OCCO)cc1Cl. The Labute approximate surface area is 108 Å². The van der Waals surface area contributed by atoms with Crippen LogP contribution < -0.4 is 10.1 Å². The van der Waals surface area contributed by atoms with Gasteiger partial charge in [0.15, 0.2) is 0 Å². The van der Waals surface area contributed by atoms with Crippen LogP contribution in [0.1, 0.15) is 31.9 Å². The van der Waals surface area contributed by atoms with E-state index in [0.717, 1.165) is 18.5 Å². The van der Waals surface area contributed by atoms with Crippen molar-refractivity contribution in [3.8, 4) is 5.75 Å². The molecule has 0 spiro atoms. The Balaban J connectivity index is 2.68. The van der Waals surface area contributed by atoms with Gasteiger partial charge in [-0.15, -0.1) is 0 Å². The number of ether oxygens (including phenoxy) is 1. The van der Waals surface area contributed by atoms with Crippen molar-refractivity contribution in [3.63, 3.8) is 0 Å². The maximum Gasteiger partial charge on any atom is 0.120 e. The van der Waals surface area contributed by atoms with Gasteiger partial charge in [0.2, 0.25) is 0 Å². The van der Waals surface area contributed by atoms with Crippen LogP contribution in [0.15, 0.2) is 18.2 Å². The van der Waals surface area contributed by atoms with Crippen molar-refractivity contribution in [2.45, 2.75) is 26.3 Å². The molecule has 0 heterocycles. The molecule has 0 saturated carbocycles. The summed E-state index contributed by atoms with van der Waals surface area (Å²) < 4.78 is 5.30. The second kappa shape index (κ2) is 7.54. The van der Waals surface area contributed by atoms with Crippen molar-refractivity contribution in [2.75, 3.05) is 19.8 Å². The monoisotopic (exact) mass is 257 g/mol. The van der Waals surface area contributed by atoms with Crippen LogP contribution in [-0.2, 0) is 0 Å². The van der Waals surface area contributed by atoms with Crippen LogP contribution >= 0.6 is 11.6 Å². The van der Waals surface area contributed by atoms with Gasteiger partial charge in [0.05, 0.1) is 6.61 Å². The van der Waals surface area contributed by atoms with Crippen LogP contribution in [-0.4, -0.2) is 24.9 Å². The van der Waals surface area contributed by atoms with E-state index >= 15 is 0 Å². The maximum atomic E-state index is 8.67. The summed E-state index contributed by atoms with van der Waals surface area (Å²) in [5.74, 6) is 0.690. The highest BCUT2D eigenvalue weighted by Crippen LogP contribution is 2.27. The van der Waals surface area contributed by atoms with Crippen LogP contribution in [0.5, 0.6) is 5.75 Å². The van der Waals surface area contributed by atoms with Crippen molar-refractivity contribution in [3.05, 3.63) is 28.8 Å². The van der Waals surface area contributed by atoms with Gasteiger partial charge in [-0.1, -0.05) is 24.6 Å². The average Bonchev–Trinajstić information content (AvgIpc) is 2.33. The van der Waals surface area contributed by atoms with E-state index in [2.05, 4.69) is 19.2 Å². The van der Waals surface area contributed by atoms with E-state index in [4.69, 9.17) is 21.4 Å². The zero-order chi connectivity index (χ0) is 12.7. The molecule has 0 aromatic heterocycles. The largest absolute Gasteiger partial charge is 0.491 e. The molecule has 1 aromatic rings. The number of hydrogen-bond acceptors (Lipinski definition) is 3. The predicted molar refractivity (Wildman–Crippen MR) is 70.7 cm³/mol. The van der Waals surface area contributed by atoms with Crippen LogP contribution in [0, 0.1) is 0 Å². The molecular weight excluding hydrogens is 238 g/mol. The van der Waals surface area contributed by atoms with Crippen LogP contribution in [0.2, 0.25) is 5.02 Å². The highest BCUT2D eigenvalue weighted by atomic mass is 35.5. The van der Waals surface area contributed by atoms with Crippen LogP contribution in [0.3, 0.4) is 0 Å². The summed E-state index contributed by atoms with van der Waals surface area (Å²) in [6.07, 6.45) is 1.10. The smallest absolute Gasteiger partial charge is 0.120 e. The lowest BCUT2D eigenvalue weighted by Gasteiger charge is -2.16. The third kappa shape index (κ3) is 4.54. The molecule has 96 valence electrons. The Kier molecular flexibility index (Phi) is 6.34. The van der Waals surface area contributed by atoms with Gasteiger partial charge in [0, 0.05) is 11.1 Å². The van der Waals surface area contributed by atoms with E-state index in [1.54, 1.807) is 6.07 Å². The second-order valence-electron chi connectivity index (χ2n) is 3.93. The molecule has 4 heteroatoms. The third-order valence-electron chi connectivity index (χ3n) is 2.50. The molecule has 1 unspecified atom stereocenters. The number of benzene rings is 1. The van der Waals surface area contributed by atoms with E-state index < -0.39 is 0 Å². The lowest BCUT2D eigenvalue weighted by Crippen LogP contribution is -2.19. The minimum absolute atomic E-state index is 0.00777. The average molecular weight is 258 g/mol. The fourth-order valence-electron chi connectivity index (χ4n) is 1.58. The molecule has 1 rings (SSSR count). The van der Waals surface area contributed by atoms with E-state index in [1.807, 2.05) is 12.1 Å². The number of aliphatic hydroxyl groups excluding tert-OH is 1. The Morgan fingerprint density at radius 3 is 2.82 bits per heavy atom. The molecule has 0 aliphatic rings. The number of hydrogen-bond donors (Lipinski definition) is 2. The van der Waals surface area contributed by atoms with Crippen molar-refractivity contribution in [2.24, 2.45) is 0 Å². The molecular formula is C13H20ClNO2. The van der Waals surface area contributed by atoms with Crippen LogP contribution in [0.25, 0.3) is 0 Å². The zero-order valence-corrected chi connectivity index (χ0v) is 11.1. The first kappa shape index (κ1) is 14.3. The molecule has 0 bridgehead atoms. The van der Waals surface area contributed by atoms with E-state index in [1.165, 1.54) is 0 Å². The summed E-state index contributed by atoms with van der Waals surface area (Å²) in [6.45, 7) is 5.49. The van der Waals surface area contributed by atoms with Gasteiger partial charge in [-0.05, 0) is 37.6 Å². The number of aliphatic hydroxyl groups is 1. The first-order chi connectivity index (χ1) is 8.19. The minimum Gasteiger partial charge on any atom is -0.491 e. The summed E-state index contributed by atoms with van der Waals surface area (Å²) in [6, 6.07) is 5.86. The summed E-state index contributed by atoms with van der Waals surface area (Å²) in [5, 5.41) is 12.7. The van der Waals surface area contributed by atoms with Gasteiger partial charge >= 0.3 is 0 Å². The molecule has 1 atom stereocenters. The molecule has 0 saturated heterocycles. The fourth-order valence-corrected chi connectivity index (χ4v) is 1.92. The minimum atomic E-state index is 0.00777. The quantitative estimate of drug-likeness (QED) is 0.789. The summed E-state index contributed by atoms with van der Waals surface area (Å²) >= 11 is 6.20. The topological polar surface area (TPSA) is 41.5 Å². The van der Waals surface area contributed by atoms with Crippen molar-refractivity contribution < 1.29 is 9.84 Å². The summed E-state index contributed by atoms with van der Waals surface area (Å²) in [7, 11) is 0. The Morgan fingerprint density at radius 2 is 2.24 bits per heavy atom. The first-order valence-electron chi connectivity index (χ1n) is 5.95. The zero-order valence-electron chi connectivity index (χ0n) is 10.4. The second-order valence-corrected chi connectivity index (χ2v) is 4.34. The van der Waals surface area contributed by atoms with Gasteiger partial charge < -0.3 is 15.2 Å². The Bertz CT molecular complexity index is 344. The predicted octanol–water partition coefficient (Wildman–Crippen LogP) is 2.77. The summed E-state index contributed by atoms with van der Waals surface area (Å²) in [5.41, 5.74) is 1.07. The Hall–Kier alpha value is -0.770. The van der Waals surface area contributed by atoms with Crippen molar-refractivity contribution >= 4 is 11.6 Å². The highest BCUT2D eigenvalue weighted by Gasteiger charge is 2.09. The molecule has 0 aliphatic carbocycles. The standard InChI is InChI=1S/C13H20ClNO2/c1-3-6-15-10(2)12-5-4-11(9-13(12)14)17-8-7-16/h4-5,9-10,15-16H,3,6-8H2,1-2H3. The molecule has 0 amide bonds. The van der Waals surface area contributed by atoms with E-state index in [0.29, 0.717) is 17.4 Å². The number of nitrogens with one attached hydrogen (secondary N) is 1. The number of rotatable bonds is 7. The van der Waals surface area contributed by atoms with E-state index in [-0.39, 0.29) is 12.6 Å². The molecule has 0 fully saturated rings. The lowest BCUT2D eigenvalue weighted by molar-refractivity contribution is 0.201. The highest BCUT2D eigenvalue weighted by molar-refractivity contribution is 6.31. The molecule has 1 aromatic carbocycles. The van der Waals surface area contributed by atoms with Gasteiger partial charge in [0.25, 0.3) is 0 Å². The fraction of sp³-hybridized carbons (Fsp3) is 0.538. The maximum absolute atomic E-state index is 8.67. The number of halogens is 1. The molecule has 0 aliphatic heterocycles. The first-order valence-corrected chi connectivity index (χ1v) is 6.33. The Morgan fingerprint density at radius 1 is 1.47 bits per heavy atom. The van der Waals surface area contributed by atoms with Gasteiger partial charge in [-0.25, -0.2) is 0 Å². The van der Waals surface area contributed by atoms with Crippen molar-refractivity contribution in [1.29, 1.82) is 0 Å². The molecule has 0 radical (unpaired) electrons. The van der Waals surface area contributed by atoms with Gasteiger partial charge in [-0.3, -0.25) is 0 Å². The lowest BCUT2D eigenvalue weighted by atomic mass is 10.1. The normalized spacial score (nSPS) is 12.5. The van der Waals surface area contributed by atoms with Gasteiger partial charge in [-0.2, -0.15) is 0 Å². The molecule has 2 N–H and O–H groups in total. The summed E-state index contributed by atoms with van der Waals surface area (Å²) in [4.78, 5) is 0. The van der Waals surface area contributed by atoms with Gasteiger partial charge in [0.1, 0.15) is 12.4 Å². The van der Waals surface area contributed by atoms with Crippen LogP contribution in [0.4, 0.5) is 0 Å². The van der Waals surface area contributed by atoms with E-state index in [9.17, 15) is 0 Å². The molecule has 17 heavy (non-hydrogen) atoms.